The molecule has 1 aliphatic rings. The lowest BCUT2D eigenvalue weighted by Gasteiger charge is -2.23. The lowest BCUT2D eigenvalue weighted by atomic mass is 10.1. The van der Waals surface area contributed by atoms with Crippen LogP contribution in [0.4, 0.5) is 10.3 Å². The number of halogens is 2. The average Bonchev–Trinajstić information content (AvgIpc) is 2.78. The van der Waals surface area contributed by atoms with Crippen LogP contribution in [0.2, 0.25) is 5.02 Å². The molecule has 7 nitrogen and oxygen atoms in total. The van der Waals surface area contributed by atoms with Crippen molar-refractivity contribution in [3.05, 3.63) is 75.5 Å². The zero-order valence-corrected chi connectivity index (χ0v) is 17.5. The second kappa shape index (κ2) is 9.55. The van der Waals surface area contributed by atoms with E-state index < -0.39 is 11.9 Å². The van der Waals surface area contributed by atoms with Gasteiger partial charge in [0.05, 0.1) is 23.4 Å². The first-order chi connectivity index (χ1) is 15.0. The number of anilines is 1. The SMILES string of the molecule is O=c1cc(-c2ccnc(NC3CCCNC3)n2)ccn1C(CO)c1ccc(Cl)c(F)c1. The van der Waals surface area contributed by atoms with Crippen LogP contribution in [0.5, 0.6) is 0 Å². The summed E-state index contributed by atoms with van der Waals surface area (Å²) in [5.41, 5.74) is 1.36. The van der Waals surface area contributed by atoms with Gasteiger partial charge in [-0.15, -0.1) is 0 Å². The molecule has 0 amide bonds. The Morgan fingerprint density at radius 3 is 2.90 bits per heavy atom. The molecule has 0 saturated carbocycles. The smallest absolute Gasteiger partial charge is 0.251 e. The van der Waals surface area contributed by atoms with Crippen LogP contribution in [0.25, 0.3) is 11.3 Å². The number of pyridine rings is 1. The molecule has 1 fully saturated rings. The maximum Gasteiger partial charge on any atom is 0.251 e. The molecule has 0 spiro atoms. The maximum atomic E-state index is 13.9. The zero-order valence-electron chi connectivity index (χ0n) is 16.8. The third-order valence-corrected chi connectivity index (χ3v) is 5.67. The van der Waals surface area contributed by atoms with Crippen molar-refractivity contribution in [2.75, 3.05) is 25.0 Å². The predicted molar refractivity (Wildman–Crippen MR) is 118 cm³/mol. The Morgan fingerprint density at radius 1 is 1.32 bits per heavy atom. The molecule has 31 heavy (non-hydrogen) atoms. The van der Waals surface area contributed by atoms with Gasteiger partial charge in [0.2, 0.25) is 5.95 Å². The molecule has 1 aromatic carbocycles. The minimum atomic E-state index is -0.727. The van der Waals surface area contributed by atoms with Crippen LogP contribution < -0.4 is 16.2 Å². The fraction of sp³-hybridized carbons (Fsp3) is 0.318. The van der Waals surface area contributed by atoms with E-state index in [-0.39, 0.29) is 23.2 Å². The molecule has 9 heteroatoms. The van der Waals surface area contributed by atoms with Gasteiger partial charge in [-0.25, -0.2) is 14.4 Å². The van der Waals surface area contributed by atoms with Crippen molar-refractivity contribution in [1.29, 1.82) is 0 Å². The van der Waals surface area contributed by atoms with E-state index in [1.165, 1.54) is 22.8 Å². The fourth-order valence-corrected chi connectivity index (χ4v) is 3.84. The number of nitrogens with zero attached hydrogens (tertiary/aromatic N) is 3. The third-order valence-electron chi connectivity index (χ3n) is 5.37. The Morgan fingerprint density at radius 2 is 2.19 bits per heavy atom. The molecule has 0 radical (unpaired) electrons. The van der Waals surface area contributed by atoms with Crippen LogP contribution in [0, 0.1) is 5.82 Å². The average molecular weight is 444 g/mol. The third kappa shape index (κ3) is 4.92. The lowest BCUT2D eigenvalue weighted by Crippen LogP contribution is -2.38. The molecule has 1 aliphatic heterocycles. The lowest BCUT2D eigenvalue weighted by molar-refractivity contribution is 0.247. The number of piperidine rings is 1. The van der Waals surface area contributed by atoms with Gasteiger partial charge in [0.15, 0.2) is 0 Å². The second-order valence-corrected chi connectivity index (χ2v) is 7.89. The predicted octanol–water partition coefficient (Wildman–Crippen LogP) is 2.84. The largest absolute Gasteiger partial charge is 0.394 e. The molecule has 162 valence electrons. The number of aliphatic hydroxyl groups is 1. The highest BCUT2D eigenvalue weighted by atomic mass is 35.5. The minimum absolute atomic E-state index is 0.0136. The first-order valence-corrected chi connectivity index (χ1v) is 10.5. The van der Waals surface area contributed by atoms with Gasteiger partial charge in [-0.3, -0.25) is 4.79 Å². The molecule has 2 aromatic heterocycles. The van der Waals surface area contributed by atoms with Crippen molar-refractivity contribution < 1.29 is 9.50 Å². The maximum absolute atomic E-state index is 13.9. The van der Waals surface area contributed by atoms with E-state index in [2.05, 4.69) is 20.6 Å². The van der Waals surface area contributed by atoms with Crippen LogP contribution in [-0.4, -0.2) is 45.4 Å². The van der Waals surface area contributed by atoms with Gasteiger partial charge in [0.1, 0.15) is 5.82 Å². The Hall–Kier alpha value is -2.81. The highest BCUT2D eigenvalue weighted by Gasteiger charge is 2.17. The summed E-state index contributed by atoms with van der Waals surface area (Å²) in [5.74, 6) is -0.0864. The van der Waals surface area contributed by atoms with E-state index in [1.807, 2.05) is 0 Å². The summed E-state index contributed by atoms with van der Waals surface area (Å²) in [4.78, 5) is 21.6. The number of hydrogen-bond acceptors (Lipinski definition) is 6. The van der Waals surface area contributed by atoms with Crippen LogP contribution in [0.1, 0.15) is 24.4 Å². The van der Waals surface area contributed by atoms with Gasteiger partial charge in [-0.05, 0) is 49.2 Å². The van der Waals surface area contributed by atoms with Crippen molar-refractivity contribution in [2.24, 2.45) is 0 Å². The van der Waals surface area contributed by atoms with Crippen molar-refractivity contribution >= 4 is 17.5 Å². The summed E-state index contributed by atoms with van der Waals surface area (Å²) in [6, 6.07) is 8.69. The van der Waals surface area contributed by atoms with Crippen LogP contribution in [0.15, 0.2) is 53.6 Å². The van der Waals surface area contributed by atoms with Crippen LogP contribution in [0.3, 0.4) is 0 Å². The van der Waals surface area contributed by atoms with Gasteiger partial charge in [0.25, 0.3) is 5.56 Å². The highest BCUT2D eigenvalue weighted by Crippen LogP contribution is 2.23. The number of rotatable bonds is 6. The summed E-state index contributed by atoms with van der Waals surface area (Å²) < 4.78 is 15.2. The summed E-state index contributed by atoms with van der Waals surface area (Å²) in [5, 5.41) is 16.5. The topological polar surface area (TPSA) is 92.1 Å². The monoisotopic (exact) mass is 443 g/mol. The molecule has 2 unspecified atom stereocenters. The number of aromatic nitrogens is 3. The zero-order chi connectivity index (χ0) is 21.8. The molecule has 0 aliphatic carbocycles. The second-order valence-electron chi connectivity index (χ2n) is 7.49. The summed E-state index contributed by atoms with van der Waals surface area (Å²) in [7, 11) is 0. The normalized spacial score (nSPS) is 17.3. The standard InChI is InChI=1S/C22H23ClFN5O2/c23-17-4-3-15(10-18(17)24)20(13-30)29-9-6-14(11-21(29)31)19-5-8-26-22(28-19)27-16-2-1-7-25-12-16/h3-6,8-11,16,20,25,30H,1-2,7,12-13H2,(H,26,27,28). The van der Waals surface area contributed by atoms with E-state index in [4.69, 9.17) is 11.6 Å². The fourth-order valence-electron chi connectivity index (χ4n) is 3.73. The Labute approximate surface area is 183 Å². The summed E-state index contributed by atoms with van der Waals surface area (Å²) in [6.07, 6.45) is 5.37. The number of nitrogens with one attached hydrogen (secondary N) is 2. The van der Waals surface area contributed by atoms with E-state index in [0.29, 0.717) is 22.8 Å². The van der Waals surface area contributed by atoms with E-state index in [0.717, 1.165) is 25.9 Å². The highest BCUT2D eigenvalue weighted by molar-refractivity contribution is 6.30. The Bertz CT molecular complexity index is 1120. The number of benzene rings is 1. The molecular weight excluding hydrogens is 421 g/mol. The van der Waals surface area contributed by atoms with Gasteiger partial charge in [-0.1, -0.05) is 17.7 Å². The van der Waals surface area contributed by atoms with E-state index in [9.17, 15) is 14.3 Å². The summed E-state index contributed by atoms with van der Waals surface area (Å²) in [6.45, 7) is 1.52. The molecule has 1 saturated heterocycles. The van der Waals surface area contributed by atoms with Gasteiger partial charge >= 0.3 is 0 Å². The molecular formula is C22H23ClFN5O2. The van der Waals surface area contributed by atoms with Crippen molar-refractivity contribution in [2.45, 2.75) is 24.9 Å². The number of aliphatic hydroxyl groups excluding tert-OH is 1. The molecule has 0 bridgehead atoms. The molecule has 4 rings (SSSR count). The van der Waals surface area contributed by atoms with E-state index in [1.54, 1.807) is 30.6 Å². The van der Waals surface area contributed by atoms with Crippen molar-refractivity contribution in [1.82, 2.24) is 19.9 Å². The molecule has 3 aromatic rings. The van der Waals surface area contributed by atoms with Gasteiger partial charge in [-0.2, -0.15) is 0 Å². The van der Waals surface area contributed by atoms with Gasteiger partial charge < -0.3 is 20.3 Å². The molecule has 3 heterocycles. The van der Waals surface area contributed by atoms with Crippen molar-refractivity contribution in [3.8, 4) is 11.3 Å². The number of hydrogen-bond donors (Lipinski definition) is 3. The Kier molecular flexibility index (Phi) is 6.60. The Balaban J connectivity index is 1.59. The first kappa shape index (κ1) is 21.4. The quantitative estimate of drug-likeness (QED) is 0.542. The van der Waals surface area contributed by atoms with E-state index >= 15 is 0 Å². The minimum Gasteiger partial charge on any atom is -0.394 e. The molecule has 3 N–H and O–H groups in total. The summed E-state index contributed by atoms with van der Waals surface area (Å²) >= 11 is 5.74. The molecule has 2 atom stereocenters. The van der Waals surface area contributed by atoms with Crippen LogP contribution in [-0.2, 0) is 0 Å². The van der Waals surface area contributed by atoms with Gasteiger partial charge in [0, 0.05) is 36.6 Å². The first-order valence-electron chi connectivity index (χ1n) is 10.1. The van der Waals surface area contributed by atoms with Crippen LogP contribution >= 0.6 is 11.6 Å². The van der Waals surface area contributed by atoms with Crippen molar-refractivity contribution in [3.63, 3.8) is 0 Å².